The lowest BCUT2D eigenvalue weighted by atomic mass is 10.2. The molecule has 0 bridgehead atoms. The molecule has 7 heteroatoms. The first-order valence-electron chi connectivity index (χ1n) is 11.0. The van der Waals surface area contributed by atoms with Crippen LogP contribution in [-0.2, 0) is 29.7 Å². The quantitative estimate of drug-likeness (QED) is 0.497. The Kier molecular flexibility index (Phi) is 10.6. The Hall–Kier alpha value is -2.80. The van der Waals surface area contributed by atoms with Crippen LogP contribution in [0.3, 0.4) is 0 Å². The highest BCUT2D eigenvalue weighted by Crippen LogP contribution is 2.09. The molecular weight excluding hydrogens is 392 g/mol. The molecule has 0 fully saturated rings. The van der Waals surface area contributed by atoms with Gasteiger partial charge in [-0.05, 0) is 30.5 Å². The van der Waals surface area contributed by atoms with Crippen molar-refractivity contribution < 1.29 is 14.3 Å². The average molecular weight is 429 g/mol. The number of aryl methyl sites for hydroxylation is 1. The van der Waals surface area contributed by atoms with Crippen molar-refractivity contribution in [3.63, 3.8) is 0 Å². The zero-order chi connectivity index (χ0) is 22.5. The van der Waals surface area contributed by atoms with Crippen molar-refractivity contribution in [1.29, 1.82) is 0 Å². The van der Waals surface area contributed by atoms with Crippen molar-refractivity contribution in [2.75, 3.05) is 33.4 Å². The van der Waals surface area contributed by atoms with E-state index >= 15 is 0 Å². The topological polar surface area (TPSA) is 66.8 Å². The lowest BCUT2D eigenvalue weighted by Gasteiger charge is -2.28. The lowest BCUT2D eigenvalue weighted by Crippen LogP contribution is -2.47. The maximum atomic E-state index is 13.2. The molecule has 0 saturated heterocycles. The maximum absolute atomic E-state index is 13.2. The van der Waals surface area contributed by atoms with Crippen molar-refractivity contribution in [2.45, 2.75) is 39.3 Å². The number of methoxy groups -OCH3 is 1. The fourth-order valence-corrected chi connectivity index (χ4v) is 3.30. The smallest absolute Gasteiger partial charge is 0.318 e. The van der Waals surface area contributed by atoms with Gasteiger partial charge in [-0.1, -0.05) is 43.7 Å². The summed E-state index contributed by atoms with van der Waals surface area (Å²) in [6.07, 6.45) is 4.59. The summed E-state index contributed by atoms with van der Waals surface area (Å²) < 4.78 is 7.16. The molecule has 2 aromatic rings. The van der Waals surface area contributed by atoms with E-state index in [0.29, 0.717) is 39.2 Å². The summed E-state index contributed by atoms with van der Waals surface area (Å²) in [6, 6.07) is 13.5. The Bertz CT molecular complexity index is 791. The summed E-state index contributed by atoms with van der Waals surface area (Å²) in [4.78, 5) is 29.5. The van der Waals surface area contributed by atoms with Crippen LogP contribution >= 0.6 is 0 Å². The summed E-state index contributed by atoms with van der Waals surface area (Å²) in [5.41, 5.74) is 2.09. The van der Waals surface area contributed by atoms with E-state index in [1.807, 2.05) is 65.2 Å². The first-order valence-corrected chi connectivity index (χ1v) is 11.0. The molecule has 0 spiro atoms. The van der Waals surface area contributed by atoms with Gasteiger partial charge in [-0.2, -0.15) is 0 Å². The molecule has 0 aliphatic carbocycles. The van der Waals surface area contributed by atoms with Crippen molar-refractivity contribution >= 4 is 11.9 Å². The molecule has 0 aliphatic heterocycles. The number of hydrogen-bond donors (Lipinski definition) is 1. The number of nitrogens with one attached hydrogen (secondary N) is 1. The lowest BCUT2D eigenvalue weighted by molar-refractivity contribution is -0.132. The van der Waals surface area contributed by atoms with Crippen LogP contribution in [-0.4, -0.2) is 59.7 Å². The predicted octanol–water partition coefficient (Wildman–Crippen LogP) is 3.40. The minimum absolute atomic E-state index is 0.0399. The van der Waals surface area contributed by atoms with E-state index in [9.17, 15) is 9.59 Å². The molecule has 1 heterocycles. The first-order chi connectivity index (χ1) is 15.0. The van der Waals surface area contributed by atoms with Gasteiger partial charge in [0.05, 0.1) is 6.54 Å². The number of ether oxygens (including phenoxy) is 1. The van der Waals surface area contributed by atoms with Gasteiger partial charge in [-0.15, -0.1) is 0 Å². The Morgan fingerprint density at radius 3 is 2.42 bits per heavy atom. The molecule has 0 saturated carbocycles. The molecule has 1 aromatic carbocycles. The molecule has 3 amide bonds. The summed E-state index contributed by atoms with van der Waals surface area (Å²) in [7, 11) is 3.61. The number of hydrogen-bond acceptors (Lipinski definition) is 3. The molecule has 1 aromatic heterocycles. The highest BCUT2D eigenvalue weighted by atomic mass is 16.5. The third-order valence-corrected chi connectivity index (χ3v) is 5.21. The molecule has 2 rings (SSSR count). The summed E-state index contributed by atoms with van der Waals surface area (Å²) >= 11 is 0. The fraction of sp³-hybridized carbons (Fsp3) is 0.500. The van der Waals surface area contributed by atoms with Crippen LogP contribution in [0, 0.1) is 0 Å². The van der Waals surface area contributed by atoms with Crippen LogP contribution in [0.2, 0.25) is 0 Å². The van der Waals surface area contributed by atoms with Gasteiger partial charge < -0.3 is 24.4 Å². The van der Waals surface area contributed by atoms with E-state index in [1.54, 1.807) is 12.0 Å². The molecule has 0 aliphatic rings. The monoisotopic (exact) mass is 428 g/mol. The summed E-state index contributed by atoms with van der Waals surface area (Å²) in [5.74, 6) is -0.0399. The van der Waals surface area contributed by atoms with E-state index in [0.717, 1.165) is 24.1 Å². The highest BCUT2D eigenvalue weighted by molar-refractivity contribution is 5.84. The number of carbonyl (C=O) groups is 2. The van der Waals surface area contributed by atoms with Gasteiger partial charge in [0, 0.05) is 52.3 Å². The maximum Gasteiger partial charge on any atom is 0.318 e. The Balaban J connectivity index is 2.03. The molecule has 0 atom stereocenters. The van der Waals surface area contributed by atoms with E-state index in [2.05, 4.69) is 12.2 Å². The third-order valence-electron chi connectivity index (χ3n) is 5.21. The van der Waals surface area contributed by atoms with E-state index < -0.39 is 0 Å². The Labute approximate surface area is 186 Å². The Morgan fingerprint density at radius 2 is 1.77 bits per heavy atom. The van der Waals surface area contributed by atoms with Crippen molar-refractivity contribution in [3.8, 4) is 0 Å². The molecule has 31 heavy (non-hydrogen) atoms. The normalized spacial score (nSPS) is 10.7. The van der Waals surface area contributed by atoms with Gasteiger partial charge in [-0.25, -0.2) is 4.79 Å². The summed E-state index contributed by atoms with van der Waals surface area (Å²) in [5, 5.41) is 2.94. The van der Waals surface area contributed by atoms with Gasteiger partial charge in [0.25, 0.3) is 0 Å². The van der Waals surface area contributed by atoms with Gasteiger partial charge in [0.1, 0.15) is 6.54 Å². The van der Waals surface area contributed by atoms with Crippen LogP contribution in [0.25, 0.3) is 0 Å². The van der Waals surface area contributed by atoms with E-state index in [4.69, 9.17) is 4.74 Å². The second kappa shape index (κ2) is 13.5. The van der Waals surface area contributed by atoms with Gasteiger partial charge in [0.2, 0.25) is 5.91 Å². The van der Waals surface area contributed by atoms with Crippen LogP contribution < -0.4 is 5.32 Å². The second-order valence-electron chi connectivity index (χ2n) is 7.69. The van der Waals surface area contributed by atoms with Crippen LogP contribution in [0.4, 0.5) is 4.79 Å². The van der Waals surface area contributed by atoms with E-state index in [-0.39, 0.29) is 18.5 Å². The molecule has 1 N–H and O–H groups in total. The van der Waals surface area contributed by atoms with E-state index in [1.165, 1.54) is 0 Å². The van der Waals surface area contributed by atoms with Crippen LogP contribution in [0.5, 0.6) is 0 Å². The second-order valence-corrected chi connectivity index (χ2v) is 7.69. The summed E-state index contributed by atoms with van der Waals surface area (Å²) in [6.45, 7) is 4.82. The van der Waals surface area contributed by atoms with Gasteiger partial charge >= 0.3 is 6.03 Å². The standard InChI is InChI=1S/C24H36N4O3/c1-4-5-15-27(19-22-13-9-14-26(22)2)23(29)20-28(16-10-17-31-3)24(30)25-18-21-11-7-6-8-12-21/h6-9,11-14H,4-5,10,15-20H2,1-3H3,(H,25,30). The molecule has 0 unspecified atom stereocenters. The number of benzene rings is 1. The van der Waals surface area contributed by atoms with Crippen LogP contribution in [0.15, 0.2) is 48.7 Å². The number of rotatable bonds is 13. The highest BCUT2D eigenvalue weighted by Gasteiger charge is 2.21. The zero-order valence-corrected chi connectivity index (χ0v) is 19.0. The van der Waals surface area contributed by atoms with Crippen molar-refractivity contribution in [2.24, 2.45) is 7.05 Å². The average Bonchev–Trinajstić information content (AvgIpc) is 3.19. The minimum atomic E-state index is -0.234. The number of urea groups is 1. The van der Waals surface area contributed by atoms with Crippen molar-refractivity contribution in [1.82, 2.24) is 19.7 Å². The fourth-order valence-electron chi connectivity index (χ4n) is 3.30. The SMILES string of the molecule is CCCCN(Cc1cccn1C)C(=O)CN(CCCOC)C(=O)NCc1ccccc1. The first kappa shape index (κ1) is 24.5. The van der Waals surface area contributed by atoms with Gasteiger partial charge in [0.15, 0.2) is 0 Å². The number of aromatic nitrogens is 1. The molecule has 7 nitrogen and oxygen atoms in total. The third kappa shape index (κ3) is 8.45. The zero-order valence-electron chi connectivity index (χ0n) is 19.0. The molecule has 170 valence electrons. The predicted molar refractivity (Wildman–Crippen MR) is 122 cm³/mol. The number of nitrogens with zero attached hydrogens (tertiary/aromatic N) is 3. The van der Waals surface area contributed by atoms with Crippen LogP contribution in [0.1, 0.15) is 37.4 Å². The number of amides is 3. The molecule has 0 radical (unpaired) electrons. The Morgan fingerprint density at radius 1 is 1.03 bits per heavy atom. The number of unbranched alkanes of at least 4 members (excludes halogenated alkanes) is 1. The number of carbonyl (C=O) groups excluding carboxylic acids is 2. The van der Waals surface area contributed by atoms with Gasteiger partial charge in [-0.3, -0.25) is 4.79 Å². The minimum Gasteiger partial charge on any atom is -0.385 e. The van der Waals surface area contributed by atoms with Crippen molar-refractivity contribution in [3.05, 3.63) is 59.9 Å². The molecular formula is C24H36N4O3. The largest absolute Gasteiger partial charge is 0.385 e.